The number of hydrogen-bond donors (Lipinski definition) is 1. The van der Waals surface area contributed by atoms with Gasteiger partial charge in [0.15, 0.2) is 0 Å². The zero-order valence-electron chi connectivity index (χ0n) is 15.6. The highest BCUT2D eigenvalue weighted by molar-refractivity contribution is 6.35. The maximum Gasteiger partial charge on any atom is 0.143 e. The first-order valence-corrected chi connectivity index (χ1v) is 10.4. The number of halogens is 2. The van der Waals surface area contributed by atoms with Crippen LogP contribution in [-0.4, -0.2) is 57.3 Å². The van der Waals surface area contributed by atoms with Gasteiger partial charge in [0.05, 0.1) is 11.7 Å². The summed E-state index contributed by atoms with van der Waals surface area (Å²) >= 11 is 12.9. The summed E-state index contributed by atoms with van der Waals surface area (Å²) in [5, 5.41) is 16.1. The van der Waals surface area contributed by atoms with Crippen molar-refractivity contribution >= 4 is 23.2 Å². The number of tetrazole rings is 1. The Balaban J connectivity index is 1.49. The number of nitrogens with one attached hydrogen (secondary N) is 1. The SMILES string of the molecule is Clc1cc(Cl)c2c(c1)C(Oc1cccc(-n3cnnn3)c1)C(N1CCNCC1)C2. The predicted octanol–water partition coefficient (Wildman–Crippen LogP) is 2.92. The van der Waals surface area contributed by atoms with Crippen LogP contribution in [-0.2, 0) is 6.42 Å². The molecule has 5 rings (SSSR count). The third-order valence-electron chi connectivity index (χ3n) is 5.58. The van der Waals surface area contributed by atoms with E-state index in [4.69, 9.17) is 27.9 Å². The van der Waals surface area contributed by atoms with E-state index in [1.54, 1.807) is 11.0 Å². The first-order chi connectivity index (χ1) is 14.2. The van der Waals surface area contributed by atoms with Gasteiger partial charge in [-0.15, -0.1) is 5.10 Å². The lowest BCUT2D eigenvalue weighted by Gasteiger charge is -2.36. The lowest BCUT2D eigenvalue weighted by Crippen LogP contribution is -2.50. The van der Waals surface area contributed by atoms with Crippen LogP contribution in [0.2, 0.25) is 10.0 Å². The van der Waals surface area contributed by atoms with Crippen LogP contribution in [0.3, 0.4) is 0 Å². The summed E-state index contributed by atoms with van der Waals surface area (Å²) in [7, 11) is 0. The minimum absolute atomic E-state index is 0.150. The predicted molar refractivity (Wildman–Crippen MR) is 111 cm³/mol. The highest BCUT2D eigenvalue weighted by atomic mass is 35.5. The van der Waals surface area contributed by atoms with Crippen LogP contribution in [0.4, 0.5) is 0 Å². The Kier molecular flexibility index (Phi) is 5.13. The third-order valence-corrected chi connectivity index (χ3v) is 6.13. The average Bonchev–Trinajstić information content (AvgIpc) is 3.38. The molecule has 2 aromatic carbocycles. The number of rotatable bonds is 4. The van der Waals surface area contributed by atoms with E-state index in [9.17, 15) is 0 Å². The molecule has 1 aliphatic heterocycles. The lowest BCUT2D eigenvalue weighted by atomic mass is 10.1. The largest absolute Gasteiger partial charge is 0.484 e. The molecule has 2 unspecified atom stereocenters. The molecule has 1 N–H and O–H groups in total. The summed E-state index contributed by atoms with van der Waals surface area (Å²) in [4.78, 5) is 2.48. The molecular formula is C20H20Cl2N6O. The standard InChI is InChI=1S/C20H20Cl2N6O/c21-13-8-17-16(18(22)9-13)11-19(27-6-4-23-5-7-27)20(17)29-15-3-1-2-14(10-15)28-12-24-25-26-28/h1-3,8-10,12,19-20,23H,4-7,11H2. The van der Waals surface area contributed by atoms with Gasteiger partial charge in [0.1, 0.15) is 18.2 Å². The quantitative estimate of drug-likeness (QED) is 0.686. The smallest absolute Gasteiger partial charge is 0.143 e. The summed E-state index contributed by atoms with van der Waals surface area (Å²) in [6, 6.07) is 11.8. The van der Waals surface area contributed by atoms with Crippen molar-refractivity contribution in [3.8, 4) is 11.4 Å². The van der Waals surface area contributed by atoms with Crippen LogP contribution in [0.1, 0.15) is 17.2 Å². The fourth-order valence-corrected chi connectivity index (χ4v) is 4.80. The van der Waals surface area contributed by atoms with E-state index in [0.717, 1.165) is 55.2 Å². The first kappa shape index (κ1) is 18.8. The van der Waals surface area contributed by atoms with Crippen molar-refractivity contribution in [2.24, 2.45) is 0 Å². The highest BCUT2D eigenvalue weighted by Crippen LogP contribution is 2.42. The van der Waals surface area contributed by atoms with Crippen LogP contribution < -0.4 is 10.1 Å². The Labute approximate surface area is 178 Å². The fourth-order valence-electron chi connectivity index (χ4n) is 4.22. The fraction of sp³-hybridized carbons (Fsp3) is 0.350. The molecule has 1 aromatic heterocycles. The van der Waals surface area contributed by atoms with Crippen molar-refractivity contribution in [3.05, 3.63) is 63.9 Å². The van der Waals surface area contributed by atoms with Gasteiger partial charge in [-0.2, -0.15) is 0 Å². The van der Waals surface area contributed by atoms with Gasteiger partial charge in [0.2, 0.25) is 0 Å². The molecule has 0 bridgehead atoms. The van der Waals surface area contributed by atoms with Crippen molar-refractivity contribution in [1.82, 2.24) is 30.4 Å². The molecular weight excluding hydrogens is 411 g/mol. The van der Waals surface area contributed by atoms with Crippen LogP contribution in [0.5, 0.6) is 5.75 Å². The molecule has 2 atom stereocenters. The molecule has 150 valence electrons. The Morgan fingerprint density at radius 1 is 1.10 bits per heavy atom. The van der Waals surface area contributed by atoms with Gasteiger partial charge in [-0.1, -0.05) is 29.3 Å². The zero-order valence-corrected chi connectivity index (χ0v) is 17.1. The van der Waals surface area contributed by atoms with Gasteiger partial charge in [-0.25, -0.2) is 4.68 Å². The Bertz CT molecular complexity index is 1010. The normalized spacial score (nSPS) is 21.9. The molecule has 3 aromatic rings. The van der Waals surface area contributed by atoms with Crippen molar-refractivity contribution in [3.63, 3.8) is 0 Å². The zero-order chi connectivity index (χ0) is 19.8. The summed E-state index contributed by atoms with van der Waals surface area (Å²) in [5.41, 5.74) is 3.04. The molecule has 1 aliphatic carbocycles. The van der Waals surface area contributed by atoms with Gasteiger partial charge < -0.3 is 10.1 Å². The van der Waals surface area contributed by atoms with E-state index in [1.807, 2.05) is 36.4 Å². The number of aromatic nitrogens is 4. The molecule has 1 fully saturated rings. The van der Waals surface area contributed by atoms with Crippen LogP contribution in [0.15, 0.2) is 42.7 Å². The molecule has 7 nitrogen and oxygen atoms in total. The minimum Gasteiger partial charge on any atom is -0.484 e. The minimum atomic E-state index is -0.150. The topological polar surface area (TPSA) is 68.1 Å². The van der Waals surface area contributed by atoms with Gasteiger partial charge in [0, 0.05) is 47.9 Å². The molecule has 0 amide bonds. The molecule has 0 spiro atoms. The number of piperazine rings is 1. The molecule has 2 aliphatic rings. The lowest BCUT2D eigenvalue weighted by molar-refractivity contribution is 0.0693. The summed E-state index contributed by atoms with van der Waals surface area (Å²) in [5.74, 6) is 0.757. The molecule has 0 saturated carbocycles. The summed E-state index contributed by atoms with van der Waals surface area (Å²) in [6.45, 7) is 3.91. The van der Waals surface area contributed by atoms with Crippen LogP contribution in [0.25, 0.3) is 5.69 Å². The number of nitrogens with zero attached hydrogens (tertiary/aromatic N) is 5. The molecule has 0 radical (unpaired) electrons. The average molecular weight is 431 g/mol. The number of fused-ring (bicyclic) bond motifs is 1. The second kappa shape index (κ2) is 7.91. The van der Waals surface area contributed by atoms with Gasteiger partial charge in [-0.05, 0) is 46.7 Å². The van der Waals surface area contributed by atoms with Crippen molar-refractivity contribution in [1.29, 1.82) is 0 Å². The van der Waals surface area contributed by atoms with Crippen LogP contribution in [0, 0.1) is 0 Å². The molecule has 29 heavy (non-hydrogen) atoms. The Morgan fingerprint density at radius 3 is 2.76 bits per heavy atom. The van der Waals surface area contributed by atoms with Crippen molar-refractivity contribution < 1.29 is 4.74 Å². The van der Waals surface area contributed by atoms with Crippen molar-refractivity contribution in [2.75, 3.05) is 26.2 Å². The Hall–Kier alpha value is -2.19. The number of hydrogen-bond acceptors (Lipinski definition) is 6. The summed E-state index contributed by atoms with van der Waals surface area (Å²) in [6.07, 6.45) is 2.26. The molecule has 1 saturated heterocycles. The highest BCUT2D eigenvalue weighted by Gasteiger charge is 2.39. The van der Waals surface area contributed by atoms with Gasteiger partial charge in [-0.3, -0.25) is 4.90 Å². The molecule has 2 heterocycles. The summed E-state index contributed by atoms with van der Waals surface area (Å²) < 4.78 is 8.16. The van der Waals surface area contributed by atoms with E-state index in [2.05, 4.69) is 25.7 Å². The van der Waals surface area contributed by atoms with Gasteiger partial charge >= 0.3 is 0 Å². The maximum atomic E-state index is 6.56. The van der Waals surface area contributed by atoms with E-state index in [0.29, 0.717) is 10.0 Å². The third kappa shape index (κ3) is 3.71. The number of ether oxygens (including phenoxy) is 1. The number of benzene rings is 2. The van der Waals surface area contributed by atoms with E-state index in [-0.39, 0.29) is 12.1 Å². The van der Waals surface area contributed by atoms with Gasteiger partial charge in [0.25, 0.3) is 0 Å². The van der Waals surface area contributed by atoms with Crippen LogP contribution >= 0.6 is 23.2 Å². The first-order valence-electron chi connectivity index (χ1n) is 9.62. The van der Waals surface area contributed by atoms with E-state index < -0.39 is 0 Å². The van der Waals surface area contributed by atoms with Crippen molar-refractivity contribution in [2.45, 2.75) is 18.6 Å². The molecule has 9 heteroatoms. The van der Waals surface area contributed by atoms with E-state index in [1.165, 1.54) is 0 Å². The van der Waals surface area contributed by atoms with E-state index >= 15 is 0 Å². The second-order valence-electron chi connectivity index (χ2n) is 7.30. The maximum absolute atomic E-state index is 6.56. The monoisotopic (exact) mass is 430 g/mol. The second-order valence-corrected chi connectivity index (χ2v) is 8.15. The Morgan fingerprint density at radius 2 is 1.97 bits per heavy atom.